The Labute approximate surface area is 221 Å². The molecule has 2 aromatic heterocycles. The SMILES string of the molecule is Nc1ncc(-c2cccc(C(=O)NCc3ccccc3)c2)nc1C(=O)N[C@H]1CCN(Cc2ccccn2)C1. The number of nitrogen functional groups attached to an aromatic ring is 1. The van der Waals surface area contributed by atoms with E-state index >= 15 is 0 Å². The number of benzene rings is 2. The molecule has 9 nitrogen and oxygen atoms in total. The molecule has 0 saturated carbocycles. The fourth-order valence-corrected chi connectivity index (χ4v) is 4.47. The van der Waals surface area contributed by atoms with E-state index in [1.807, 2.05) is 54.6 Å². The van der Waals surface area contributed by atoms with Gasteiger partial charge < -0.3 is 16.4 Å². The molecule has 0 unspecified atom stereocenters. The van der Waals surface area contributed by atoms with Crippen LogP contribution in [0.25, 0.3) is 11.3 Å². The van der Waals surface area contributed by atoms with Crippen LogP contribution < -0.4 is 16.4 Å². The number of likely N-dealkylation sites (tertiary alicyclic amines) is 1. The van der Waals surface area contributed by atoms with E-state index < -0.39 is 0 Å². The fourth-order valence-electron chi connectivity index (χ4n) is 4.47. The van der Waals surface area contributed by atoms with Crippen molar-refractivity contribution in [2.24, 2.45) is 0 Å². The Balaban J connectivity index is 1.23. The first kappa shape index (κ1) is 25.0. The molecule has 2 amide bonds. The summed E-state index contributed by atoms with van der Waals surface area (Å²) in [5.41, 5.74) is 9.73. The van der Waals surface area contributed by atoms with E-state index in [0.717, 1.165) is 37.3 Å². The summed E-state index contributed by atoms with van der Waals surface area (Å²) < 4.78 is 0. The van der Waals surface area contributed by atoms with Gasteiger partial charge in [0.05, 0.1) is 17.6 Å². The van der Waals surface area contributed by atoms with Gasteiger partial charge in [-0.2, -0.15) is 0 Å². The summed E-state index contributed by atoms with van der Waals surface area (Å²) in [7, 11) is 0. The zero-order chi connectivity index (χ0) is 26.3. The minimum Gasteiger partial charge on any atom is -0.382 e. The highest BCUT2D eigenvalue weighted by Gasteiger charge is 2.26. The normalized spacial score (nSPS) is 15.2. The summed E-state index contributed by atoms with van der Waals surface area (Å²) in [5.74, 6) is -0.502. The lowest BCUT2D eigenvalue weighted by Gasteiger charge is -2.16. The number of nitrogens with two attached hydrogens (primary N) is 1. The molecule has 38 heavy (non-hydrogen) atoms. The van der Waals surface area contributed by atoms with Gasteiger partial charge in [0.25, 0.3) is 11.8 Å². The predicted octanol–water partition coefficient (Wildman–Crippen LogP) is 3.06. The smallest absolute Gasteiger partial charge is 0.274 e. The van der Waals surface area contributed by atoms with Crippen LogP contribution in [-0.4, -0.2) is 50.8 Å². The number of aromatic nitrogens is 3. The zero-order valence-electron chi connectivity index (χ0n) is 20.9. The summed E-state index contributed by atoms with van der Waals surface area (Å²) in [6, 6.07) is 22.6. The molecule has 0 spiro atoms. The van der Waals surface area contributed by atoms with E-state index in [1.54, 1.807) is 24.4 Å². The minimum absolute atomic E-state index is 0.0206. The van der Waals surface area contributed by atoms with Crippen molar-refractivity contribution in [2.45, 2.75) is 25.6 Å². The van der Waals surface area contributed by atoms with Gasteiger partial charge in [0.1, 0.15) is 0 Å². The molecule has 9 heteroatoms. The van der Waals surface area contributed by atoms with Crippen LogP contribution in [0.1, 0.15) is 38.5 Å². The van der Waals surface area contributed by atoms with Crippen molar-refractivity contribution < 1.29 is 9.59 Å². The summed E-state index contributed by atoms with van der Waals surface area (Å²) in [6.45, 7) is 2.74. The lowest BCUT2D eigenvalue weighted by molar-refractivity contribution is 0.0930. The van der Waals surface area contributed by atoms with Crippen LogP contribution in [0.3, 0.4) is 0 Å². The number of hydrogen-bond acceptors (Lipinski definition) is 7. The van der Waals surface area contributed by atoms with Gasteiger partial charge in [-0.25, -0.2) is 9.97 Å². The predicted molar refractivity (Wildman–Crippen MR) is 145 cm³/mol. The second kappa shape index (κ2) is 11.6. The van der Waals surface area contributed by atoms with Gasteiger partial charge in [0.15, 0.2) is 11.5 Å². The Kier molecular flexibility index (Phi) is 7.65. The molecule has 2 aromatic carbocycles. The van der Waals surface area contributed by atoms with Crippen LogP contribution in [0.4, 0.5) is 5.82 Å². The Morgan fingerprint density at radius 3 is 2.63 bits per heavy atom. The lowest BCUT2D eigenvalue weighted by atomic mass is 10.1. The Bertz CT molecular complexity index is 1410. The second-order valence-electron chi connectivity index (χ2n) is 9.25. The van der Waals surface area contributed by atoms with Crippen molar-refractivity contribution in [3.8, 4) is 11.3 Å². The maximum atomic E-state index is 13.1. The summed E-state index contributed by atoms with van der Waals surface area (Å²) in [4.78, 5) is 41.2. The first-order chi connectivity index (χ1) is 18.5. The molecule has 3 heterocycles. The average molecular weight is 508 g/mol. The van der Waals surface area contributed by atoms with Gasteiger partial charge in [0.2, 0.25) is 0 Å². The monoisotopic (exact) mass is 507 g/mol. The minimum atomic E-state index is -0.363. The van der Waals surface area contributed by atoms with Gasteiger partial charge in [-0.3, -0.25) is 19.5 Å². The van der Waals surface area contributed by atoms with E-state index in [2.05, 4.69) is 30.5 Å². The van der Waals surface area contributed by atoms with Gasteiger partial charge in [-0.15, -0.1) is 0 Å². The first-order valence-corrected chi connectivity index (χ1v) is 12.5. The Morgan fingerprint density at radius 2 is 1.82 bits per heavy atom. The zero-order valence-corrected chi connectivity index (χ0v) is 20.9. The summed E-state index contributed by atoms with van der Waals surface area (Å²) >= 11 is 0. The molecule has 4 N–H and O–H groups in total. The average Bonchev–Trinajstić information content (AvgIpc) is 3.39. The van der Waals surface area contributed by atoms with Crippen LogP contribution in [0.2, 0.25) is 0 Å². The van der Waals surface area contributed by atoms with Crippen LogP contribution >= 0.6 is 0 Å². The highest BCUT2D eigenvalue weighted by atomic mass is 16.2. The largest absolute Gasteiger partial charge is 0.382 e. The van der Waals surface area contributed by atoms with Crippen molar-refractivity contribution in [2.75, 3.05) is 18.8 Å². The maximum absolute atomic E-state index is 13.1. The third kappa shape index (κ3) is 6.19. The van der Waals surface area contributed by atoms with Crippen molar-refractivity contribution in [1.82, 2.24) is 30.5 Å². The van der Waals surface area contributed by atoms with Crippen molar-refractivity contribution in [3.63, 3.8) is 0 Å². The van der Waals surface area contributed by atoms with Gasteiger partial charge in [0, 0.05) is 49.5 Å². The van der Waals surface area contributed by atoms with E-state index in [1.165, 1.54) is 6.20 Å². The Morgan fingerprint density at radius 1 is 0.974 bits per heavy atom. The van der Waals surface area contributed by atoms with Gasteiger partial charge in [-0.05, 0) is 36.2 Å². The quantitative estimate of drug-likeness (QED) is 0.335. The third-order valence-corrected chi connectivity index (χ3v) is 6.45. The molecular formula is C29H29N7O2. The van der Waals surface area contributed by atoms with E-state index in [0.29, 0.717) is 23.4 Å². The third-order valence-electron chi connectivity index (χ3n) is 6.45. The van der Waals surface area contributed by atoms with Crippen LogP contribution in [-0.2, 0) is 13.1 Å². The summed E-state index contributed by atoms with van der Waals surface area (Å²) in [6.07, 6.45) is 4.12. The fraction of sp³-hybridized carbons (Fsp3) is 0.207. The molecule has 1 aliphatic rings. The van der Waals surface area contributed by atoms with Crippen LogP contribution in [0, 0.1) is 0 Å². The topological polar surface area (TPSA) is 126 Å². The van der Waals surface area contributed by atoms with Crippen LogP contribution in [0.15, 0.2) is 85.2 Å². The van der Waals surface area contributed by atoms with Crippen LogP contribution in [0.5, 0.6) is 0 Å². The number of nitrogens with zero attached hydrogens (tertiary/aromatic N) is 4. The maximum Gasteiger partial charge on any atom is 0.274 e. The number of rotatable bonds is 8. The molecule has 0 bridgehead atoms. The molecule has 1 aliphatic heterocycles. The second-order valence-corrected chi connectivity index (χ2v) is 9.25. The van der Waals surface area contributed by atoms with Crippen molar-refractivity contribution in [3.05, 3.63) is 108 Å². The molecular weight excluding hydrogens is 478 g/mol. The number of anilines is 1. The molecule has 192 valence electrons. The Hall–Kier alpha value is -4.63. The van der Waals surface area contributed by atoms with Gasteiger partial charge in [-0.1, -0.05) is 48.5 Å². The molecule has 0 radical (unpaired) electrons. The molecule has 1 atom stereocenters. The molecule has 4 aromatic rings. The van der Waals surface area contributed by atoms with Gasteiger partial charge >= 0.3 is 0 Å². The molecule has 0 aliphatic carbocycles. The summed E-state index contributed by atoms with van der Waals surface area (Å²) in [5, 5.41) is 5.97. The lowest BCUT2D eigenvalue weighted by Crippen LogP contribution is -2.38. The van der Waals surface area contributed by atoms with Crippen molar-refractivity contribution in [1.29, 1.82) is 0 Å². The molecule has 1 fully saturated rings. The number of carbonyl (C=O) groups excluding carboxylic acids is 2. The number of pyridine rings is 1. The van der Waals surface area contributed by atoms with E-state index in [9.17, 15) is 9.59 Å². The molecule has 5 rings (SSSR count). The van der Waals surface area contributed by atoms with Crippen molar-refractivity contribution >= 4 is 17.6 Å². The number of hydrogen-bond donors (Lipinski definition) is 3. The van der Waals surface area contributed by atoms with E-state index in [4.69, 9.17) is 5.73 Å². The number of carbonyl (C=O) groups is 2. The van der Waals surface area contributed by atoms with E-state index in [-0.39, 0.29) is 29.4 Å². The highest BCUT2D eigenvalue weighted by molar-refractivity contribution is 5.97. The highest BCUT2D eigenvalue weighted by Crippen LogP contribution is 2.21. The number of nitrogens with one attached hydrogen (secondary N) is 2. The number of amides is 2. The molecule has 1 saturated heterocycles. The first-order valence-electron chi connectivity index (χ1n) is 12.5. The standard InChI is InChI=1S/C29H29N7O2/c30-27-26(29(38)34-24-12-14-36(19-24)18-23-11-4-5-13-31-23)35-25(17-32-27)21-9-6-10-22(15-21)28(37)33-16-20-7-2-1-3-8-20/h1-11,13,15,17,24H,12,14,16,18-19H2,(H2,30,32)(H,33,37)(H,34,38)/t24-/m0/s1.